The Morgan fingerprint density at radius 3 is 2.89 bits per heavy atom. The minimum absolute atomic E-state index is 0.00740. The molecule has 28 heavy (non-hydrogen) atoms. The first-order valence-electron chi connectivity index (χ1n) is 9.65. The molecule has 0 radical (unpaired) electrons. The summed E-state index contributed by atoms with van der Waals surface area (Å²) in [5.41, 5.74) is 2.74. The number of aryl methyl sites for hydroxylation is 2. The molecule has 0 bridgehead atoms. The predicted molar refractivity (Wildman–Crippen MR) is 103 cm³/mol. The van der Waals surface area contributed by atoms with Crippen molar-refractivity contribution in [1.29, 1.82) is 0 Å². The van der Waals surface area contributed by atoms with E-state index >= 15 is 0 Å². The average Bonchev–Trinajstić information content (AvgIpc) is 3.44. The van der Waals surface area contributed by atoms with Gasteiger partial charge < -0.3 is 9.84 Å². The lowest BCUT2D eigenvalue weighted by Crippen LogP contribution is -2.30. The molecule has 0 aliphatic heterocycles. The molecule has 1 atom stereocenters. The molecule has 1 saturated carbocycles. The van der Waals surface area contributed by atoms with E-state index in [1.165, 1.54) is 0 Å². The van der Waals surface area contributed by atoms with Crippen LogP contribution in [0.2, 0.25) is 0 Å². The van der Waals surface area contributed by atoms with Gasteiger partial charge in [0.2, 0.25) is 17.6 Å². The SMILES string of the molecule is Cc1cccc([C@@H](NC(=O)CCCc2nc(-c3cccnc3)no2)C2CC2)n1. The summed E-state index contributed by atoms with van der Waals surface area (Å²) >= 11 is 0. The molecule has 1 amide bonds. The Morgan fingerprint density at radius 1 is 1.25 bits per heavy atom. The molecule has 1 fully saturated rings. The normalized spacial score (nSPS) is 14.6. The molecule has 0 aromatic carbocycles. The van der Waals surface area contributed by atoms with E-state index in [4.69, 9.17) is 4.52 Å². The van der Waals surface area contributed by atoms with Gasteiger partial charge in [-0.1, -0.05) is 11.2 Å². The Hall–Kier alpha value is -3.09. The molecule has 0 spiro atoms. The zero-order valence-corrected chi connectivity index (χ0v) is 15.8. The summed E-state index contributed by atoms with van der Waals surface area (Å²) in [5.74, 6) is 1.58. The summed E-state index contributed by atoms with van der Waals surface area (Å²) in [6.45, 7) is 1.97. The first kappa shape index (κ1) is 18.3. The van der Waals surface area contributed by atoms with Gasteiger partial charge >= 0.3 is 0 Å². The molecule has 7 heteroatoms. The first-order valence-corrected chi connectivity index (χ1v) is 9.65. The van der Waals surface area contributed by atoms with Gasteiger partial charge in [-0.15, -0.1) is 0 Å². The van der Waals surface area contributed by atoms with Crippen LogP contribution in [-0.4, -0.2) is 26.0 Å². The third-order valence-corrected chi connectivity index (χ3v) is 4.82. The van der Waals surface area contributed by atoms with E-state index in [-0.39, 0.29) is 11.9 Å². The maximum atomic E-state index is 12.4. The van der Waals surface area contributed by atoms with Crippen molar-refractivity contribution < 1.29 is 9.32 Å². The maximum absolute atomic E-state index is 12.4. The molecule has 1 N–H and O–H groups in total. The number of nitrogens with zero attached hydrogens (tertiary/aromatic N) is 4. The number of carbonyl (C=O) groups is 1. The largest absolute Gasteiger partial charge is 0.347 e. The molecule has 1 aliphatic rings. The highest BCUT2D eigenvalue weighted by Gasteiger charge is 2.34. The van der Waals surface area contributed by atoms with E-state index in [2.05, 4.69) is 25.4 Å². The Morgan fingerprint density at radius 2 is 2.14 bits per heavy atom. The van der Waals surface area contributed by atoms with Gasteiger partial charge in [-0.25, -0.2) is 0 Å². The van der Waals surface area contributed by atoms with Crippen LogP contribution in [0, 0.1) is 12.8 Å². The fourth-order valence-corrected chi connectivity index (χ4v) is 3.21. The standard InChI is InChI=1S/C21H23N5O2/c1-14-5-2-7-17(23-14)20(15-10-11-15)24-18(27)8-3-9-19-25-21(26-28-19)16-6-4-12-22-13-16/h2,4-7,12-13,15,20H,3,8-11H2,1H3,(H,24,27)/t20-/m0/s1. The van der Waals surface area contributed by atoms with Crippen molar-refractivity contribution in [1.82, 2.24) is 25.4 Å². The van der Waals surface area contributed by atoms with Gasteiger partial charge in [-0.3, -0.25) is 14.8 Å². The van der Waals surface area contributed by atoms with Crippen molar-refractivity contribution in [3.8, 4) is 11.4 Å². The second-order valence-electron chi connectivity index (χ2n) is 7.19. The van der Waals surface area contributed by atoms with Gasteiger partial charge in [0.05, 0.1) is 11.7 Å². The van der Waals surface area contributed by atoms with E-state index in [1.54, 1.807) is 12.4 Å². The number of amides is 1. The number of pyridine rings is 2. The van der Waals surface area contributed by atoms with Gasteiger partial charge in [0.1, 0.15) is 0 Å². The fraction of sp³-hybridized carbons (Fsp3) is 0.381. The van der Waals surface area contributed by atoms with Crippen LogP contribution in [0.1, 0.15) is 49.0 Å². The third-order valence-electron chi connectivity index (χ3n) is 4.82. The quantitative estimate of drug-likeness (QED) is 0.646. The Balaban J connectivity index is 1.29. The van der Waals surface area contributed by atoms with E-state index in [0.29, 0.717) is 36.9 Å². The minimum Gasteiger partial charge on any atom is -0.347 e. The number of hydrogen-bond donors (Lipinski definition) is 1. The lowest BCUT2D eigenvalue weighted by atomic mass is 10.1. The highest BCUT2D eigenvalue weighted by atomic mass is 16.5. The summed E-state index contributed by atoms with van der Waals surface area (Å²) in [6.07, 6.45) is 7.30. The zero-order chi connectivity index (χ0) is 19.3. The van der Waals surface area contributed by atoms with Crippen molar-refractivity contribution in [2.24, 2.45) is 5.92 Å². The maximum Gasteiger partial charge on any atom is 0.226 e. The molecule has 3 heterocycles. The lowest BCUT2D eigenvalue weighted by Gasteiger charge is -2.18. The fourth-order valence-electron chi connectivity index (χ4n) is 3.21. The number of hydrogen-bond acceptors (Lipinski definition) is 6. The average molecular weight is 377 g/mol. The van der Waals surface area contributed by atoms with Crippen LogP contribution in [0.3, 0.4) is 0 Å². The Labute approximate surface area is 163 Å². The topological polar surface area (TPSA) is 93.8 Å². The van der Waals surface area contributed by atoms with E-state index < -0.39 is 0 Å². The van der Waals surface area contributed by atoms with Crippen molar-refractivity contribution >= 4 is 5.91 Å². The number of carbonyl (C=O) groups excluding carboxylic acids is 1. The molecule has 7 nitrogen and oxygen atoms in total. The minimum atomic E-state index is 0.00740. The third kappa shape index (κ3) is 4.60. The highest BCUT2D eigenvalue weighted by molar-refractivity contribution is 5.76. The van der Waals surface area contributed by atoms with Crippen LogP contribution in [0.25, 0.3) is 11.4 Å². The van der Waals surface area contributed by atoms with Crippen LogP contribution in [0.5, 0.6) is 0 Å². The predicted octanol–water partition coefficient (Wildman–Crippen LogP) is 3.43. The van der Waals surface area contributed by atoms with Gasteiger partial charge in [0.25, 0.3) is 0 Å². The van der Waals surface area contributed by atoms with E-state index in [9.17, 15) is 4.79 Å². The van der Waals surface area contributed by atoms with Crippen LogP contribution in [0.15, 0.2) is 47.2 Å². The smallest absolute Gasteiger partial charge is 0.226 e. The zero-order valence-electron chi connectivity index (χ0n) is 15.8. The molecule has 0 unspecified atom stereocenters. The van der Waals surface area contributed by atoms with Crippen LogP contribution in [0.4, 0.5) is 0 Å². The monoisotopic (exact) mass is 377 g/mol. The van der Waals surface area contributed by atoms with Gasteiger partial charge in [-0.05, 0) is 56.4 Å². The molecule has 4 rings (SSSR count). The summed E-state index contributed by atoms with van der Waals surface area (Å²) in [6, 6.07) is 9.68. The summed E-state index contributed by atoms with van der Waals surface area (Å²) in [5, 5.41) is 7.14. The number of aromatic nitrogens is 4. The molecule has 1 aliphatic carbocycles. The van der Waals surface area contributed by atoms with Crippen molar-refractivity contribution in [2.45, 2.75) is 45.1 Å². The second kappa shape index (κ2) is 8.29. The highest BCUT2D eigenvalue weighted by Crippen LogP contribution is 2.40. The molecule has 3 aromatic rings. The van der Waals surface area contributed by atoms with Gasteiger partial charge in [0, 0.05) is 36.5 Å². The van der Waals surface area contributed by atoms with Crippen LogP contribution in [-0.2, 0) is 11.2 Å². The summed E-state index contributed by atoms with van der Waals surface area (Å²) in [7, 11) is 0. The summed E-state index contributed by atoms with van der Waals surface area (Å²) in [4.78, 5) is 25.5. The van der Waals surface area contributed by atoms with E-state index in [0.717, 1.165) is 29.8 Å². The Bertz CT molecular complexity index is 937. The molecular weight excluding hydrogens is 354 g/mol. The lowest BCUT2D eigenvalue weighted by molar-refractivity contribution is -0.122. The van der Waals surface area contributed by atoms with E-state index in [1.807, 2.05) is 37.3 Å². The van der Waals surface area contributed by atoms with Crippen LogP contribution < -0.4 is 5.32 Å². The van der Waals surface area contributed by atoms with Gasteiger partial charge in [-0.2, -0.15) is 4.98 Å². The number of rotatable bonds is 8. The van der Waals surface area contributed by atoms with Crippen molar-refractivity contribution in [3.63, 3.8) is 0 Å². The van der Waals surface area contributed by atoms with Crippen molar-refractivity contribution in [3.05, 3.63) is 60.0 Å². The molecule has 144 valence electrons. The Kier molecular flexibility index (Phi) is 5.41. The molecule has 3 aromatic heterocycles. The molecular formula is C21H23N5O2. The van der Waals surface area contributed by atoms with Crippen LogP contribution >= 0.6 is 0 Å². The molecule has 0 saturated heterocycles. The number of nitrogens with one attached hydrogen (secondary N) is 1. The van der Waals surface area contributed by atoms with Crippen molar-refractivity contribution in [2.75, 3.05) is 0 Å². The van der Waals surface area contributed by atoms with Gasteiger partial charge in [0.15, 0.2) is 0 Å². The second-order valence-corrected chi connectivity index (χ2v) is 7.19. The summed E-state index contributed by atoms with van der Waals surface area (Å²) < 4.78 is 5.28. The first-order chi connectivity index (χ1) is 13.7.